The first kappa shape index (κ1) is 18.8. The zero-order valence-electron chi connectivity index (χ0n) is 15.1. The van der Waals surface area contributed by atoms with Gasteiger partial charge in [-0.05, 0) is 31.5 Å². The number of imide groups is 1. The van der Waals surface area contributed by atoms with E-state index in [1.165, 1.54) is 18.2 Å². The fraction of sp³-hybridized carbons (Fsp3) is 0.300. The van der Waals surface area contributed by atoms with Crippen LogP contribution in [0.15, 0.2) is 48.5 Å². The smallest absolute Gasteiger partial charge is 0.325 e. The average molecular weight is 372 g/mol. The first-order valence-corrected chi connectivity index (χ1v) is 8.58. The van der Waals surface area contributed by atoms with Crippen LogP contribution in [0.4, 0.5) is 9.18 Å². The molecule has 0 radical (unpaired) electrons. The molecule has 0 spiro atoms. The summed E-state index contributed by atoms with van der Waals surface area (Å²) in [5, 5.41) is 12.8. The summed E-state index contributed by atoms with van der Waals surface area (Å²) in [5.74, 6) is -1.01. The minimum atomic E-state index is -1.20. The predicted molar refractivity (Wildman–Crippen MR) is 96.7 cm³/mol. The Labute approximate surface area is 156 Å². The molecule has 1 aliphatic heterocycles. The molecule has 0 bridgehead atoms. The number of ether oxygens (including phenoxy) is 1. The molecule has 0 aromatic heterocycles. The highest BCUT2D eigenvalue weighted by atomic mass is 19.1. The topological polar surface area (TPSA) is 78.9 Å². The van der Waals surface area contributed by atoms with Crippen molar-refractivity contribution in [3.63, 3.8) is 0 Å². The number of hydrogen-bond acceptors (Lipinski definition) is 4. The lowest BCUT2D eigenvalue weighted by molar-refractivity contribution is -0.132. The molecule has 1 aliphatic rings. The van der Waals surface area contributed by atoms with Gasteiger partial charge in [0.05, 0.1) is 6.54 Å². The Morgan fingerprint density at radius 1 is 1.19 bits per heavy atom. The zero-order chi connectivity index (χ0) is 19.6. The number of halogens is 1. The number of carbonyl (C=O) groups excluding carboxylic acids is 2. The largest absolute Gasteiger partial charge is 0.488 e. The molecule has 3 amide bonds. The number of aryl methyl sites for hydroxylation is 1. The van der Waals surface area contributed by atoms with Crippen molar-refractivity contribution < 1.29 is 23.8 Å². The van der Waals surface area contributed by atoms with E-state index >= 15 is 0 Å². The monoisotopic (exact) mass is 372 g/mol. The van der Waals surface area contributed by atoms with Gasteiger partial charge in [0, 0.05) is 0 Å². The number of urea groups is 1. The van der Waals surface area contributed by atoms with Gasteiger partial charge in [0.15, 0.2) is 11.6 Å². The lowest BCUT2D eigenvalue weighted by Gasteiger charge is -2.23. The Kier molecular flexibility index (Phi) is 5.14. The SMILES string of the molecule is Cc1ccc([C@@]2(C)NC(=O)N(C[C@@H](O)COc3ccccc3F)C2=O)cc1. The third kappa shape index (κ3) is 3.78. The lowest BCUT2D eigenvalue weighted by atomic mass is 9.91. The van der Waals surface area contributed by atoms with Gasteiger partial charge in [-0.3, -0.25) is 9.69 Å². The molecule has 0 unspecified atom stereocenters. The third-order valence-electron chi connectivity index (χ3n) is 4.57. The van der Waals surface area contributed by atoms with Crippen LogP contribution in [0.2, 0.25) is 0 Å². The maximum absolute atomic E-state index is 13.6. The maximum atomic E-state index is 13.6. The molecule has 2 atom stereocenters. The number of carbonyl (C=O) groups is 2. The second-order valence-electron chi connectivity index (χ2n) is 6.73. The van der Waals surface area contributed by atoms with Crippen LogP contribution in [0.25, 0.3) is 0 Å². The molecular weight excluding hydrogens is 351 g/mol. The number of nitrogens with zero attached hydrogens (tertiary/aromatic N) is 1. The summed E-state index contributed by atoms with van der Waals surface area (Å²) < 4.78 is 18.8. The normalized spacial score (nSPS) is 20.5. The van der Waals surface area contributed by atoms with Crippen molar-refractivity contribution >= 4 is 11.9 Å². The number of rotatable bonds is 6. The van der Waals surface area contributed by atoms with Crippen molar-refractivity contribution in [1.82, 2.24) is 10.2 Å². The summed E-state index contributed by atoms with van der Waals surface area (Å²) in [6.07, 6.45) is -1.15. The van der Waals surface area contributed by atoms with Gasteiger partial charge in [-0.25, -0.2) is 9.18 Å². The Balaban J connectivity index is 1.66. The fourth-order valence-corrected chi connectivity index (χ4v) is 2.96. The summed E-state index contributed by atoms with van der Waals surface area (Å²) in [5.41, 5.74) is 0.499. The van der Waals surface area contributed by atoms with E-state index in [2.05, 4.69) is 5.32 Å². The van der Waals surface area contributed by atoms with Crippen molar-refractivity contribution in [3.8, 4) is 5.75 Å². The highest BCUT2D eigenvalue weighted by molar-refractivity contribution is 6.07. The number of hydrogen-bond donors (Lipinski definition) is 2. The van der Waals surface area contributed by atoms with E-state index in [1.807, 2.05) is 19.1 Å². The first-order valence-electron chi connectivity index (χ1n) is 8.58. The van der Waals surface area contributed by atoms with E-state index in [9.17, 15) is 19.1 Å². The number of amides is 3. The summed E-state index contributed by atoms with van der Waals surface area (Å²) in [6.45, 7) is 3.05. The fourth-order valence-electron chi connectivity index (χ4n) is 2.96. The van der Waals surface area contributed by atoms with Crippen LogP contribution >= 0.6 is 0 Å². The van der Waals surface area contributed by atoms with Crippen LogP contribution in [0.3, 0.4) is 0 Å². The van der Waals surface area contributed by atoms with Crippen LogP contribution in [0.1, 0.15) is 18.1 Å². The Morgan fingerprint density at radius 2 is 1.85 bits per heavy atom. The van der Waals surface area contributed by atoms with Crippen molar-refractivity contribution in [2.75, 3.05) is 13.2 Å². The van der Waals surface area contributed by atoms with Crippen LogP contribution in [0.5, 0.6) is 5.75 Å². The molecule has 1 heterocycles. The van der Waals surface area contributed by atoms with Gasteiger partial charge in [0.1, 0.15) is 18.2 Å². The Morgan fingerprint density at radius 3 is 2.52 bits per heavy atom. The van der Waals surface area contributed by atoms with Crippen LogP contribution < -0.4 is 10.1 Å². The summed E-state index contributed by atoms with van der Waals surface area (Å²) in [7, 11) is 0. The molecule has 1 saturated heterocycles. The molecule has 0 saturated carbocycles. The van der Waals surface area contributed by atoms with Crippen molar-refractivity contribution in [1.29, 1.82) is 0 Å². The van der Waals surface area contributed by atoms with Crippen LogP contribution in [-0.4, -0.2) is 41.2 Å². The zero-order valence-corrected chi connectivity index (χ0v) is 15.1. The van der Waals surface area contributed by atoms with E-state index in [1.54, 1.807) is 25.1 Å². The second-order valence-corrected chi connectivity index (χ2v) is 6.73. The van der Waals surface area contributed by atoms with Crippen LogP contribution in [0, 0.1) is 12.7 Å². The van der Waals surface area contributed by atoms with Gasteiger partial charge in [0.25, 0.3) is 5.91 Å². The molecule has 142 valence electrons. The van der Waals surface area contributed by atoms with Gasteiger partial charge in [-0.2, -0.15) is 0 Å². The summed E-state index contributed by atoms with van der Waals surface area (Å²) in [6, 6.07) is 12.5. The number of nitrogens with one attached hydrogen (secondary N) is 1. The molecule has 2 aromatic carbocycles. The second kappa shape index (κ2) is 7.36. The Bertz CT molecular complexity index is 855. The van der Waals surface area contributed by atoms with E-state index in [0.29, 0.717) is 5.56 Å². The minimum absolute atomic E-state index is 0.00163. The van der Waals surface area contributed by atoms with Crippen LogP contribution in [-0.2, 0) is 10.3 Å². The highest BCUT2D eigenvalue weighted by Gasteiger charge is 2.49. The number of benzene rings is 2. The van der Waals surface area contributed by atoms with E-state index in [0.717, 1.165) is 10.5 Å². The third-order valence-corrected chi connectivity index (χ3v) is 4.57. The van der Waals surface area contributed by atoms with E-state index < -0.39 is 29.4 Å². The van der Waals surface area contributed by atoms with Gasteiger partial charge < -0.3 is 15.2 Å². The molecular formula is C20H21FN2O4. The lowest BCUT2D eigenvalue weighted by Crippen LogP contribution is -2.42. The number of β-amino-alcohol motifs (C(OH)–C–C–N with tert-alkyl or cyclic N) is 1. The molecule has 1 fully saturated rings. The highest BCUT2D eigenvalue weighted by Crippen LogP contribution is 2.29. The van der Waals surface area contributed by atoms with Crippen molar-refractivity contribution in [2.45, 2.75) is 25.5 Å². The van der Waals surface area contributed by atoms with Gasteiger partial charge in [-0.15, -0.1) is 0 Å². The maximum Gasteiger partial charge on any atom is 0.325 e. The molecule has 27 heavy (non-hydrogen) atoms. The summed E-state index contributed by atoms with van der Waals surface area (Å²) in [4.78, 5) is 26.1. The van der Waals surface area contributed by atoms with E-state index in [4.69, 9.17) is 4.74 Å². The number of aliphatic hydroxyl groups is 1. The molecule has 0 aliphatic carbocycles. The molecule has 6 nitrogen and oxygen atoms in total. The Hall–Kier alpha value is -2.93. The quantitative estimate of drug-likeness (QED) is 0.763. The molecule has 2 aromatic rings. The standard InChI is InChI=1S/C20H21FN2O4/c1-13-7-9-14(10-8-13)20(2)18(25)23(19(26)22-20)11-15(24)12-27-17-6-4-3-5-16(17)21/h3-10,15,24H,11-12H2,1-2H3,(H,22,26)/t15-,20-/m1/s1. The number of aliphatic hydroxyl groups excluding tert-OH is 1. The van der Waals surface area contributed by atoms with Crippen molar-refractivity contribution in [3.05, 3.63) is 65.5 Å². The molecule has 3 rings (SSSR count). The van der Waals surface area contributed by atoms with E-state index in [-0.39, 0.29) is 18.9 Å². The van der Waals surface area contributed by atoms with Gasteiger partial charge >= 0.3 is 6.03 Å². The molecule has 2 N–H and O–H groups in total. The molecule has 7 heteroatoms. The van der Waals surface area contributed by atoms with Gasteiger partial charge in [-0.1, -0.05) is 42.0 Å². The first-order chi connectivity index (χ1) is 12.8. The minimum Gasteiger partial charge on any atom is -0.488 e. The number of para-hydroxylation sites is 1. The summed E-state index contributed by atoms with van der Waals surface area (Å²) >= 11 is 0. The van der Waals surface area contributed by atoms with Crippen molar-refractivity contribution in [2.24, 2.45) is 0 Å². The van der Waals surface area contributed by atoms with Gasteiger partial charge in [0.2, 0.25) is 0 Å². The predicted octanol–water partition coefficient (Wildman–Crippen LogP) is 2.34. The average Bonchev–Trinajstić information content (AvgIpc) is 2.85.